The summed E-state index contributed by atoms with van der Waals surface area (Å²) in [4.78, 5) is 30.3. The Hall–Kier alpha value is -3.98. The van der Waals surface area contributed by atoms with Crippen LogP contribution >= 0.6 is 11.6 Å². The van der Waals surface area contributed by atoms with Gasteiger partial charge in [0, 0.05) is 30.4 Å². The molecule has 2 heterocycles. The maximum atomic E-state index is 14.7. The zero-order chi connectivity index (χ0) is 24.7. The monoisotopic (exact) mass is 495 g/mol. The van der Waals surface area contributed by atoms with E-state index in [2.05, 4.69) is 20.9 Å². The fraction of sp³-hybridized carbons (Fsp3) is 0.160. The topological polar surface area (TPSA) is 88.0 Å². The molecule has 35 heavy (non-hydrogen) atoms. The first-order valence-electron chi connectivity index (χ1n) is 10.9. The highest BCUT2D eigenvalue weighted by Crippen LogP contribution is 2.42. The van der Waals surface area contributed by atoms with Crippen LogP contribution in [-0.4, -0.2) is 22.6 Å². The average Bonchev–Trinajstić information content (AvgIpc) is 3.67. The maximum Gasteiger partial charge on any atom is 0.323 e. The SMILES string of the molecule is CNc1cc2c(C3CC3)c(=O)n(-c3cc(NC(=O)Nc4ccccc4F)c(F)cc3Cl)cc2cn1. The van der Waals surface area contributed by atoms with Gasteiger partial charge in [-0.15, -0.1) is 0 Å². The molecule has 0 radical (unpaired) electrons. The lowest BCUT2D eigenvalue weighted by Crippen LogP contribution is -2.24. The van der Waals surface area contributed by atoms with E-state index in [1.54, 1.807) is 25.5 Å². The fourth-order valence-electron chi connectivity index (χ4n) is 3.98. The summed E-state index contributed by atoms with van der Waals surface area (Å²) in [7, 11) is 1.75. The minimum Gasteiger partial charge on any atom is -0.373 e. The summed E-state index contributed by atoms with van der Waals surface area (Å²) in [6.07, 6.45) is 5.04. The lowest BCUT2D eigenvalue weighted by Gasteiger charge is -2.16. The molecule has 5 rings (SSSR count). The van der Waals surface area contributed by atoms with Crippen molar-refractivity contribution in [2.75, 3.05) is 23.0 Å². The zero-order valence-electron chi connectivity index (χ0n) is 18.5. The van der Waals surface area contributed by atoms with Crippen LogP contribution in [0.1, 0.15) is 24.3 Å². The fourth-order valence-corrected chi connectivity index (χ4v) is 4.22. The molecule has 0 aliphatic heterocycles. The van der Waals surface area contributed by atoms with Crippen molar-refractivity contribution in [1.82, 2.24) is 9.55 Å². The highest BCUT2D eigenvalue weighted by molar-refractivity contribution is 6.32. The van der Waals surface area contributed by atoms with Gasteiger partial charge in [-0.3, -0.25) is 9.36 Å². The van der Waals surface area contributed by atoms with E-state index < -0.39 is 17.7 Å². The number of urea groups is 1. The molecule has 178 valence electrons. The van der Waals surface area contributed by atoms with Crippen molar-refractivity contribution in [2.45, 2.75) is 18.8 Å². The first-order valence-corrected chi connectivity index (χ1v) is 11.3. The van der Waals surface area contributed by atoms with Crippen LogP contribution in [0.5, 0.6) is 0 Å². The lowest BCUT2D eigenvalue weighted by molar-refractivity contribution is 0.262. The quantitative estimate of drug-likeness (QED) is 0.322. The Balaban J connectivity index is 1.56. The number of nitrogens with zero attached hydrogens (tertiary/aromatic N) is 2. The number of amides is 2. The molecule has 3 N–H and O–H groups in total. The van der Waals surface area contributed by atoms with Gasteiger partial charge >= 0.3 is 6.03 Å². The highest BCUT2D eigenvalue weighted by atomic mass is 35.5. The molecule has 1 aliphatic carbocycles. The van der Waals surface area contributed by atoms with Crippen molar-refractivity contribution in [3.8, 4) is 5.69 Å². The second-order valence-corrected chi connectivity index (χ2v) is 8.65. The molecule has 10 heteroatoms. The lowest BCUT2D eigenvalue weighted by atomic mass is 10.0. The number of nitrogens with one attached hydrogen (secondary N) is 3. The molecular formula is C25H20ClF2N5O2. The minimum absolute atomic E-state index is 0.00874. The van der Waals surface area contributed by atoms with Crippen LogP contribution in [0.25, 0.3) is 16.5 Å². The van der Waals surface area contributed by atoms with Crippen molar-refractivity contribution in [3.63, 3.8) is 0 Å². The molecule has 1 fully saturated rings. The van der Waals surface area contributed by atoms with Crippen LogP contribution in [0.15, 0.2) is 59.7 Å². The summed E-state index contributed by atoms with van der Waals surface area (Å²) in [6.45, 7) is 0. The Labute approximate surface area is 203 Å². The molecule has 0 atom stereocenters. The molecule has 0 bridgehead atoms. The number of aromatic nitrogens is 2. The van der Waals surface area contributed by atoms with Gasteiger partial charge in [-0.25, -0.2) is 18.6 Å². The minimum atomic E-state index is -0.851. The van der Waals surface area contributed by atoms with Gasteiger partial charge in [-0.05, 0) is 54.5 Å². The molecule has 0 spiro atoms. The van der Waals surface area contributed by atoms with E-state index in [-0.39, 0.29) is 33.6 Å². The third-order valence-electron chi connectivity index (χ3n) is 5.85. The number of fused-ring (bicyclic) bond motifs is 1. The van der Waals surface area contributed by atoms with Gasteiger partial charge < -0.3 is 16.0 Å². The summed E-state index contributed by atoms with van der Waals surface area (Å²) in [6, 6.07) is 8.88. The second-order valence-electron chi connectivity index (χ2n) is 8.24. The first kappa shape index (κ1) is 22.8. The second kappa shape index (κ2) is 8.99. The van der Waals surface area contributed by atoms with Crippen LogP contribution in [0.4, 0.5) is 30.8 Å². The van der Waals surface area contributed by atoms with E-state index >= 15 is 0 Å². The number of anilines is 3. The van der Waals surface area contributed by atoms with E-state index in [4.69, 9.17) is 11.6 Å². The van der Waals surface area contributed by atoms with Crippen molar-refractivity contribution < 1.29 is 13.6 Å². The summed E-state index contributed by atoms with van der Waals surface area (Å²) >= 11 is 6.34. The molecule has 0 saturated heterocycles. The first-order chi connectivity index (χ1) is 16.9. The third-order valence-corrected chi connectivity index (χ3v) is 6.15. The summed E-state index contributed by atoms with van der Waals surface area (Å²) in [5.41, 5.74) is 0.285. The number of rotatable bonds is 5. The number of hydrogen-bond acceptors (Lipinski definition) is 4. The van der Waals surface area contributed by atoms with Gasteiger partial charge in [0.25, 0.3) is 5.56 Å². The van der Waals surface area contributed by atoms with E-state index in [1.807, 2.05) is 6.07 Å². The van der Waals surface area contributed by atoms with Crippen molar-refractivity contribution in [1.29, 1.82) is 0 Å². The average molecular weight is 496 g/mol. The maximum absolute atomic E-state index is 14.7. The van der Waals surface area contributed by atoms with Gasteiger partial charge in [0.05, 0.1) is 22.1 Å². The molecule has 2 amide bonds. The summed E-state index contributed by atoms with van der Waals surface area (Å²) < 4.78 is 29.9. The number of benzene rings is 2. The van der Waals surface area contributed by atoms with E-state index in [0.29, 0.717) is 11.4 Å². The van der Waals surface area contributed by atoms with E-state index in [9.17, 15) is 18.4 Å². The molecule has 1 aliphatic rings. The molecule has 2 aromatic carbocycles. The van der Waals surface area contributed by atoms with Gasteiger partial charge in [-0.2, -0.15) is 0 Å². The van der Waals surface area contributed by atoms with Gasteiger partial charge in [0.1, 0.15) is 17.5 Å². The summed E-state index contributed by atoms with van der Waals surface area (Å²) in [5.74, 6) is -0.680. The number of hydrogen-bond donors (Lipinski definition) is 3. The number of carbonyl (C=O) groups is 1. The van der Waals surface area contributed by atoms with Gasteiger partial charge in [-0.1, -0.05) is 23.7 Å². The Bertz CT molecular complexity index is 1530. The largest absolute Gasteiger partial charge is 0.373 e. The molecule has 0 unspecified atom stereocenters. The van der Waals surface area contributed by atoms with Crippen molar-refractivity contribution in [2.24, 2.45) is 0 Å². The number of pyridine rings is 2. The van der Waals surface area contributed by atoms with E-state index in [1.165, 1.54) is 28.8 Å². The standard InChI is InChI=1S/C25H20ClF2N5O2/c1-29-22-8-15-14(11-30-22)12-33(24(34)23(15)13-6-7-13)21-10-20(18(28)9-16(21)26)32-25(35)31-19-5-3-2-4-17(19)27/h2-5,8-13,29H,6-7H2,1H3,(H2,31,32,35). The smallest absolute Gasteiger partial charge is 0.323 e. The van der Waals surface area contributed by atoms with Crippen LogP contribution in [0.3, 0.4) is 0 Å². The molecular weight excluding hydrogens is 476 g/mol. The van der Waals surface area contributed by atoms with Gasteiger partial charge in [0.2, 0.25) is 0 Å². The molecule has 4 aromatic rings. The van der Waals surface area contributed by atoms with Crippen molar-refractivity contribution in [3.05, 3.63) is 87.4 Å². The van der Waals surface area contributed by atoms with Crippen LogP contribution in [0, 0.1) is 11.6 Å². The molecule has 2 aromatic heterocycles. The number of carbonyl (C=O) groups excluding carboxylic acids is 1. The van der Waals surface area contributed by atoms with Crippen LogP contribution in [-0.2, 0) is 0 Å². The van der Waals surface area contributed by atoms with E-state index in [0.717, 1.165) is 29.7 Å². The predicted octanol–water partition coefficient (Wildman–Crippen LogP) is 5.88. The Morgan fingerprint density at radius 1 is 1.09 bits per heavy atom. The zero-order valence-corrected chi connectivity index (χ0v) is 19.3. The third kappa shape index (κ3) is 4.42. The van der Waals surface area contributed by atoms with Gasteiger partial charge in [0.15, 0.2) is 0 Å². The summed E-state index contributed by atoms with van der Waals surface area (Å²) in [5, 5.41) is 9.18. The highest BCUT2D eigenvalue weighted by Gasteiger charge is 2.30. The van der Waals surface area contributed by atoms with Crippen LogP contribution < -0.4 is 21.5 Å². The number of halogens is 3. The Morgan fingerprint density at radius 2 is 1.83 bits per heavy atom. The molecule has 1 saturated carbocycles. The predicted molar refractivity (Wildman–Crippen MR) is 133 cm³/mol. The van der Waals surface area contributed by atoms with Crippen molar-refractivity contribution >= 4 is 45.6 Å². The Morgan fingerprint density at radius 3 is 2.54 bits per heavy atom. The molecule has 7 nitrogen and oxygen atoms in total. The number of para-hydroxylation sites is 1. The van der Waals surface area contributed by atoms with Crippen LogP contribution in [0.2, 0.25) is 5.02 Å². The normalized spacial score (nSPS) is 13.0. The Kier molecular flexibility index (Phi) is 5.86.